The van der Waals surface area contributed by atoms with Crippen LogP contribution in [0.25, 0.3) is 0 Å². The first-order valence-corrected chi connectivity index (χ1v) is 8.87. The van der Waals surface area contributed by atoms with Crippen LogP contribution in [0.15, 0.2) is 59.5 Å². The van der Waals surface area contributed by atoms with Crippen molar-refractivity contribution in [1.29, 1.82) is 0 Å². The maximum absolute atomic E-state index is 12.5. The number of hydrogen-bond acceptors (Lipinski definition) is 3. The first kappa shape index (κ1) is 17.6. The lowest BCUT2D eigenvalue weighted by molar-refractivity contribution is -0.133. The summed E-state index contributed by atoms with van der Waals surface area (Å²) in [6, 6.07) is 17.2. The Bertz CT molecular complexity index is 628. The zero-order valence-corrected chi connectivity index (χ0v) is 14.6. The highest BCUT2D eigenvalue weighted by atomic mass is 32.2. The number of hydrogen-bond donors (Lipinski definition) is 1. The van der Waals surface area contributed by atoms with Crippen LogP contribution in [0.5, 0.6) is 0 Å². The summed E-state index contributed by atoms with van der Waals surface area (Å²) in [6.45, 7) is 1.87. The molecule has 0 aliphatic heterocycles. The standard InChI is InChI=1S/C19H23NO2S/c1-14(19(22)16-7-5-4-6-8-16)20(2)18(21)13-15-9-11-17(23-3)12-10-15/h4-12,14,19,22H,13H2,1-3H3/t14-,19+/m1/s1. The molecule has 122 valence electrons. The Balaban J connectivity index is 2.00. The van der Waals surface area contributed by atoms with Crippen LogP contribution >= 0.6 is 11.8 Å². The lowest BCUT2D eigenvalue weighted by atomic mass is 10.0. The van der Waals surface area contributed by atoms with E-state index in [1.165, 1.54) is 4.90 Å². The number of carbonyl (C=O) groups is 1. The highest BCUT2D eigenvalue weighted by Crippen LogP contribution is 2.21. The van der Waals surface area contributed by atoms with Gasteiger partial charge < -0.3 is 10.0 Å². The van der Waals surface area contributed by atoms with E-state index in [0.29, 0.717) is 6.42 Å². The van der Waals surface area contributed by atoms with E-state index < -0.39 is 6.10 Å². The monoisotopic (exact) mass is 329 g/mol. The highest BCUT2D eigenvalue weighted by Gasteiger charge is 2.23. The molecule has 0 saturated carbocycles. The third-order valence-corrected chi connectivity index (χ3v) is 4.86. The van der Waals surface area contributed by atoms with Crippen LogP contribution in [0, 0.1) is 0 Å². The fourth-order valence-corrected chi connectivity index (χ4v) is 2.82. The largest absolute Gasteiger partial charge is 0.386 e. The van der Waals surface area contributed by atoms with Gasteiger partial charge in [-0.15, -0.1) is 11.8 Å². The Morgan fingerprint density at radius 3 is 2.30 bits per heavy atom. The van der Waals surface area contributed by atoms with Crippen molar-refractivity contribution in [2.24, 2.45) is 0 Å². The summed E-state index contributed by atoms with van der Waals surface area (Å²) in [6.07, 6.45) is 1.68. The molecule has 0 saturated heterocycles. The Kier molecular flexibility index (Phi) is 6.25. The van der Waals surface area contributed by atoms with Crippen molar-refractivity contribution in [1.82, 2.24) is 4.90 Å². The first-order valence-electron chi connectivity index (χ1n) is 7.64. The van der Waals surface area contributed by atoms with Crippen molar-refractivity contribution < 1.29 is 9.90 Å². The van der Waals surface area contributed by atoms with Gasteiger partial charge >= 0.3 is 0 Å². The molecule has 0 unspecified atom stereocenters. The first-order chi connectivity index (χ1) is 11.0. The van der Waals surface area contributed by atoms with Crippen molar-refractivity contribution in [2.45, 2.75) is 30.4 Å². The predicted molar refractivity (Wildman–Crippen MR) is 95.6 cm³/mol. The van der Waals surface area contributed by atoms with Crippen LogP contribution in [-0.2, 0) is 11.2 Å². The molecule has 0 aromatic heterocycles. The molecule has 2 rings (SSSR count). The van der Waals surface area contributed by atoms with Gasteiger partial charge in [0.25, 0.3) is 0 Å². The summed E-state index contributed by atoms with van der Waals surface area (Å²) >= 11 is 1.68. The van der Waals surface area contributed by atoms with Gasteiger partial charge in [-0.25, -0.2) is 0 Å². The number of likely N-dealkylation sites (N-methyl/N-ethyl adjacent to an activating group) is 1. The van der Waals surface area contributed by atoms with Gasteiger partial charge in [-0.2, -0.15) is 0 Å². The number of amides is 1. The average molecular weight is 329 g/mol. The average Bonchev–Trinajstić information content (AvgIpc) is 2.61. The number of benzene rings is 2. The predicted octanol–water partition coefficient (Wildman–Crippen LogP) is 3.53. The molecule has 23 heavy (non-hydrogen) atoms. The molecule has 0 heterocycles. The summed E-state index contributed by atoms with van der Waals surface area (Å²) < 4.78 is 0. The maximum Gasteiger partial charge on any atom is 0.227 e. The molecule has 0 fully saturated rings. The minimum absolute atomic E-state index is 0.00406. The lowest BCUT2D eigenvalue weighted by Gasteiger charge is -2.29. The summed E-state index contributed by atoms with van der Waals surface area (Å²) in [5.41, 5.74) is 1.81. The fraction of sp³-hybridized carbons (Fsp3) is 0.316. The SMILES string of the molecule is CSc1ccc(CC(=O)N(C)[C@H](C)[C@H](O)c2ccccc2)cc1. The van der Waals surface area contributed by atoms with Gasteiger partial charge in [-0.1, -0.05) is 42.5 Å². The molecule has 2 aromatic rings. The third kappa shape index (κ3) is 4.60. The Hall–Kier alpha value is -1.78. The Morgan fingerprint density at radius 1 is 1.13 bits per heavy atom. The van der Waals surface area contributed by atoms with E-state index in [4.69, 9.17) is 0 Å². The zero-order chi connectivity index (χ0) is 16.8. The van der Waals surface area contributed by atoms with Crippen molar-refractivity contribution in [2.75, 3.05) is 13.3 Å². The van der Waals surface area contributed by atoms with Gasteiger partial charge in [0.05, 0.1) is 18.6 Å². The molecule has 1 amide bonds. The topological polar surface area (TPSA) is 40.5 Å². The minimum atomic E-state index is -0.691. The van der Waals surface area contributed by atoms with Gasteiger partial charge in [0.2, 0.25) is 5.91 Å². The second kappa shape index (κ2) is 8.18. The van der Waals surface area contributed by atoms with Gasteiger partial charge in [-0.05, 0) is 36.4 Å². The Labute approximate surface area is 142 Å². The third-order valence-electron chi connectivity index (χ3n) is 4.12. The summed E-state index contributed by atoms with van der Waals surface area (Å²) in [5.74, 6) is 0.00406. The molecule has 2 atom stereocenters. The van der Waals surface area contributed by atoms with Crippen molar-refractivity contribution in [3.63, 3.8) is 0 Å². The molecule has 0 bridgehead atoms. The molecule has 2 aromatic carbocycles. The molecule has 0 aliphatic rings. The molecule has 4 heteroatoms. The summed E-state index contributed by atoms with van der Waals surface area (Å²) in [4.78, 5) is 15.3. The van der Waals surface area contributed by atoms with Gasteiger partial charge in [0.1, 0.15) is 0 Å². The zero-order valence-electron chi connectivity index (χ0n) is 13.8. The molecule has 1 N–H and O–H groups in total. The van der Waals surface area contributed by atoms with Gasteiger partial charge in [0, 0.05) is 11.9 Å². The molecular weight excluding hydrogens is 306 g/mol. The normalized spacial score (nSPS) is 13.4. The summed E-state index contributed by atoms with van der Waals surface area (Å²) in [5, 5.41) is 10.4. The number of thioether (sulfide) groups is 1. The van der Waals surface area contributed by atoms with Gasteiger partial charge in [-0.3, -0.25) is 4.79 Å². The smallest absolute Gasteiger partial charge is 0.227 e. The molecule has 3 nitrogen and oxygen atoms in total. The number of rotatable bonds is 6. The number of carbonyl (C=O) groups excluding carboxylic acids is 1. The lowest BCUT2D eigenvalue weighted by Crippen LogP contribution is -2.39. The van der Waals surface area contributed by atoms with Gasteiger partial charge in [0.15, 0.2) is 0 Å². The van der Waals surface area contributed by atoms with E-state index in [2.05, 4.69) is 0 Å². The van der Waals surface area contributed by atoms with Crippen molar-refractivity contribution in [3.8, 4) is 0 Å². The maximum atomic E-state index is 12.5. The molecule has 0 radical (unpaired) electrons. The highest BCUT2D eigenvalue weighted by molar-refractivity contribution is 7.98. The van der Waals surface area contributed by atoms with E-state index in [1.807, 2.05) is 67.8 Å². The molecule has 0 spiro atoms. The fourth-order valence-electron chi connectivity index (χ4n) is 2.41. The van der Waals surface area contributed by atoms with Crippen LogP contribution in [0.1, 0.15) is 24.2 Å². The van der Waals surface area contributed by atoms with E-state index in [9.17, 15) is 9.90 Å². The van der Waals surface area contributed by atoms with Crippen molar-refractivity contribution >= 4 is 17.7 Å². The number of nitrogens with zero attached hydrogens (tertiary/aromatic N) is 1. The minimum Gasteiger partial charge on any atom is -0.386 e. The quantitative estimate of drug-likeness (QED) is 0.824. The summed E-state index contributed by atoms with van der Waals surface area (Å²) in [7, 11) is 1.75. The van der Waals surface area contributed by atoms with E-state index in [1.54, 1.807) is 23.7 Å². The second-order valence-electron chi connectivity index (χ2n) is 5.63. The van der Waals surface area contributed by atoms with Crippen LogP contribution < -0.4 is 0 Å². The molecule has 0 aliphatic carbocycles. The van der Waals surface area contributed by atoms with E-state index >= 15 is 0 Å². The molecular formula is C19H23NO2S. The van der Waals surface area contributed by atoms with Crippen LogP contribution in [0.3, 0.4) is 0 Å². The van der Waals surface area contributed by atoms with Crippen LogP contribution in [-0.4, -0.2) is 35.3 Å². The Morgan fingerprint density at radius 2 is 1.74 bits per heavy atom. The number of aliphatic hydroxyl groups excluding tert-OH is 1. The van der Waals surface area contributed by atoms with Crippen LogP contribution in [0.4, 0.5) is 0 Å². The van der Waals surface area contributed by atoms with Crippen LogP contribution in [0.2, 0.25) is 0 Å². The second-order valence-corrected chi connectivity index (χ2v) is 6.51. The van der Waals surface area contributed by atoms with E-state index in [0.717, 1.165) is 11.1 Å². The van der Waals surface area contributed by atoms with E-state index in [-0.39, 0.29) is 11.9 Å². The van der Waals surface area contributed by atoms with Crippen molar-refractivity contribution in [3.05, 3.63) is 65.7 Å². The number of aliphatic hydroxyl groups is 1.